The zero-order valence-corrected chi connectivity index (χ0v) is 29.5. The zero-order valence-electron chi connectivity index (χ0n) is 29.5. The first kappa shape index (κ1) is 38.3. The number of aromatic nitrogens is 4. The maximum absolute atomic E-state index is 13.5. The SMILES string of the molecule is CCCC(CCC)C(=O)Nc1ncnc2c1ncn2[C@@H]1O[C@H](COC(=O)C(CCC)CCC)[C@@](C)(O)[C@H]1OC(=O)C(CCC)CCC. The Hall–Kier alpha value is -3.12. The third kappa shape index (κ3) is 9.49. The molecule has 2 aromatic rings. The second kappa shape index (κ2) is 18.4. The Bertz CT molecular complexity index is 1280. The van der Waals surface area contributed by atoms with Crippen molar-refractivity contribution in [1.82, 2.24) is 19.5 Å². The fourth-order valence-electron chi connectivity index (χ4n) is 6.55. The molecule has 4 atom stereocenters. The average molecular weight is 660 g/mol. The summed E-state index contributed by atoms with van der Waals surface area (Å²) in [5.41, 5.74) is -1.04. The fourth-order valence-corrected chi connectivity index (χ4v) is 6.55. The van der Waals surface area contributed by atoms with E-state index in [1.54, 1.807) is 4.57 Å². The fraction of sp³-hybridized carbons (Fsp3) is 0.771. The van der Waals surface area contributed by atoms with Gasteiger partial charge in [0.2, 0.25) is 5.91 Å². The smallest absolute Gasteiger partial charge is 0.309 e. The summed E-state index contributed by atoms with van der Waals surface area (Å²) in [5.74, 6) is -1.32. The van der Waals surface area contributed by atoms with Gasteiger partial charge in [0.25, 0.3) is 0 Å². The van der Waals surface area contributed by atoms with Gasteiger partial charge in [-0.3, -0.25) is 19.0 Å². The molecule has 1 aliphatic rings. The summed E-state index contributed by atoms with van der Waals surface area (Å²) in [6, 6.07) is 0. The summed E-state index contributed by atoms with van der Waals surface area (Å²) in [7, 11) is 0. The number of amides is 1. The van der Waals surface area contributed by atoms with Crippen LogP contribution < -0.4 is 5.32 Å². The van der Waals surface area contributed by atoms with Crippen molar-refractivity contribution in [3.05, 3.63) is 12.7 Å². The third-order valence-corrected chi connectivity index (χ3v) is 9.15. The maximum atomic E-state index is 13.5. The van der Waals surface area contributed by atoms with E-state index in [-0.39, 0.29) is 42.1 Å². The molecule has 0 aliphatic carbocycles. The second-order valence-electron chi connectivity index (χ2n) is 13.1. The number of fused-ring (bicyclic) bond motifs is 1. The molecule has 0 unspecified atom stereocenters. The average Bonchev–Trinajstić information content (AvgIpc) is 3.58. The van der Waals surface area contributed by atoms with Gasteiger partial charge in [-0.2, -0.15) is 0 Å². The minimum absolute atomic E-state index is 0.126. The number of hydrogen-bond acceptors (Lipinski definition) is 10. The largest absolute Gasteiger partial charge is 0.463 e. The van der Waals surface area contributed by atoms with Gasteiger partial charge in [0.1, 0.15) is 24.6 Å². The molecule has 12 nitrogen and oxygen atoms in total. The van der Waals surface area contributed by atoms with E-state index in [0.29, 0.717) is 36.8 Å². The van der Waals surface area contributed by atoms with E-state index < -0.39 is 30.0 Å². The molecule has 2 aromatic heterocycles. The number of anilines is 1. The van der Waals surface area contributed by atoms with Crippen molar-refractivity contribution >= 4 is 34.8 Å². The molecule has 264 valence electrons. The molecule has 0 saturated carbocycles. The minimum atomic E-state index is -1.72. The highest BCUT2D eigenvalue weighted by atomic mass is 16.6. The Labute approximate surface area is 279 Å². The Kier molecular flexibility index (Phi) is 15.0. The van der Waals surface area contributed by atoms with Crippen molar-refractivity contribution in [2.45, 2.75) is 150 Å². The molecule has 0 radical (unpaired) electrons. The Balaban J connectivity index is 1.97. The molecule has 1 fully saturated rings. The van der Waals surface area contributed by atoms with E-state index in [0.717, 1.165) is 51.4 Å². The van der Waals surface area contributed by atoms with Gasteiger partial charge >= 0.3 is 11.9 Å². The van der Waals surface area contributed by atoms with Crippen LogP contribution in [-0.2, 0) is 28.6 Å². The standard InChI is InChI=1S/C35H57N5O7/c1-8-14-23(15-9-2)31(41)39-29-27-30(37-21-36-29)40(22-38-27)32-28(47-34(43)25(18-12-5)19-13-6)35(7,44)26(46-32)20-45-33(42)24(16-10-3)17-11-4/h21-26,28,32,44H,8-20H2,1-7H3,(H,36,37,39,41)/t26-,28+,32-,35-/m1/s1. The van der Waals surface area contributed by atoms with Crippen molar-refractivity contribution < 1.29 is 33.7 Å². The van der Waals surface area contributed by atoms with E-state index >= 15 is 0 Å². The normalized spacial score (nSPS) is 21.2. The number of aliphatic hydroxyl groups is 1. The van der Waals surface area contributed by atoms with Crippen LogP contribution >= 0.6 is 0 Å². The van der Waals surface area contributed by atoms with Crippen LogP contribution in [0.15, 0.2) is 12.7 Å². The predicted octanol–water partition coefficient (Wildman–Crippen LogP) is 6.52. The van der Waals surface area contributed by atoms with Crippen LogP contribution in [0.1, 0.15) is 132 Å². The number of nitrogens with zero attached hydrogens (tertiary/aromatic N) is 4. The molecule has 1 saturated heterocycles. The molecule has 0 aromatic carbocycles. The van der Waals surface area contributed by atoms with Gasteiger partial charge in [0.15, 0.2) is 29.3 Å². The molecule has 2 N–H and O–H groups in total. The summed E-state index contributed by atoms with van der Waals surface area (Å²) in [6.07, 6.45) is 8.97. The van der Waals surface area contributed by atoms with Gasteiger partial charge in [-0.25, -0.2) is 15.0 Å². The van der Waals surface area contributed by atoms with Gasteiger partial charge in [-0.1, -0.05) is 80.1 Å². The lowest BCUT2D eigenvalue weighted by Gasteiger charge is -2.31. The van der Waals surface area contributed by atoms with E-state index in [1.807, 2.05) is 27.7 Å². The first-order valence-electron chi connectivity index (χ1n) is 17.8. The lowest BCUT2D eigenvalue weighted by molar-refractivity contribution is -0.171. The molecular weight excluding hydrogens is 602 g/mol. The highest BCUT2D eigenvalue weighted by Gasteiger charge is 2.57. The summed E-state index contributed by atoms with van der Waals surface area (Å²) >= 11 is 0. The zero-order chi connectivity index (χ0) is 34.6. The lowest BCUT2D eigenvalue weighted by atomic mass is 9.93. The first-order chi connectivity index (χ1) is 22.6. The number of carbonyl (C=O) groups is 3. The lowest BCUT2D eigenvalue weighted by Crippen LogP contribution is -2.49. The molecule has 3 rings (SSSR count). The number of rotatable bonds is 20. The van der Waals surface area contributed by atoms with E-state index in [1.165, 1.54) is 19.6 Å². The van der Waals surface area contributed by atoms with Crippen LogP contribution in [0.4, 0.5) is 5.82 Å². The minimum Gasteiger partial charge on any atom is -0.463 e. The quantitative estimate of drug-likeness (QED) is 0.150. The summed E-state index contributed by atoms with van der Waals surface area (Å²) in [5, 5.41) is 14.9. The van der Waals surface area contributed by atoms with Gasteiger partial charge in [-0.05, 0) is 45.4 Å². The molecule has 1 amide bonds. The molecule has 3 heterocycles. The molecule has 12 heteroatoms. The van der Waals surface area contributed by atoms with E-state index in [4.69, 9.17) is 14.2 Å². The molecular formula is C35H57N5O7. The predicted molar refractivity (Wildman–Crippen MR) is 179 cm³/mol. The van der Waals surface area contributed by atoms with Crippen molar-refractivity contribution in [2.24, 2.45) is 17.8 Å². The Morgan fingerprint density at radius 2 is 1.38 bits per heavy atom. The van der Waals surface area contributed by atoms with Crippen LogP contribution in [0.5, 0.6) is 0 Å². The second-order valence-corrected chi connectivity index (χ2v) is 13.1. The Morgan fingerprint density at radius 3 is 1.94 bits per heavy atom. The van der Waals surface area contributed by atoms with Crippen molar-refractivity contribution in [1.29, 1.82) is 0 Å². The maximum Gasteiger partial charge on any atom is 0.309 e. The monoisotopic (exact) mass is 659 g/mol. The summed E-state index contributed by atoms with van der Waals surface area (Å²) in [4.78, 5) is 53.0. The third-order valence-electron chi connectivity index (χ3n) is 9.15. The number of carbonyl (C=O) groups excluding carboxylic acids is 3. The van der Waals surface area contributed by atoms with Crippen LogP contribution in [0, 0.1) is 17.8 Å². The summed E-state index contributed by atoms with van der Waals surface area (Å²) < 4.78 is 19.8. The highest BCUT2D eigenvalue weighted by Crippen LogP contribution is 2.41. The van der Waals surface area contributed by atoms with Crippen LogP contribution in [0.25, 0.3) is 11.2 Å². The van der Waals surface area contributed by atoms with Crippen molar-refractivity contribution in [3.8, 4) is 0 Å². The summed E-state index contributed by atoms with van der Waals surface area (Å²) in [6.45, 7) is 13.5. The van der Waals surface area contributed by atoms with E-state index in [9.17, 15) is 19.5 Å². The number of imidazole rings is 1. The van der Waals surface area contributed by atoms with E-state index in [2.05, 4.69) is 34.1 Å². The van der Waals surface area contributed by atoms with Crippen LogP contribution in [0.3, 0.4) is 0 Å². The highest BCUT2D eigenvalue weighted by molar-refractivity contribution is 5.97. The van der Waals surface area contributed by atoms with Crippen molar-refractivity contribution in [2.75, 3.05) is 11.9 Å². The molecule has 1 aliphatic heterocycles. The van der Waals surface area contributed by atoms with Gasteiger partial charge in [0, 0.05) is 5.92 Å². The van der Waals surface area contributed by atoms with Gasteiger partial charge in [0.05, 0.1) is 18.2 Å². The van der Waals surface area contributed by atoms with Crippen LogP contribution in [-0.4, -0.2) is 66.9 Å². The first-order valence-corrected chi connectivity index (χ1v) is 17.8. The topological polar surface area (TPSA) is 155 Å². The molecule has 47 heavy (non-hydrogen) atoms. The number of nitrogens with one attached hydrogen (secondary N) is 1. The van der Waals surface area contributed by atoms with Crippen molar-refractivity contribution in [3.63, 3.8) is 0 Å². The number of ether oxygens (including phenoxy) is 3. The van der Waals surface area contributed by atoms with Gasteiger partial charge < -0.3 is 24.6 Å². The Morgan fingerprint density at radius 1 is 0.851 bits per heavy atom. The van der Waals surface area contributed by atoms with Gasteiger partial charge in [-0.15, -0.1) is 0 Å². The molecule has 0 spiro atoms. The van der Waals surface area contributed by atoms with Crippen LogP contribution in [0.2, 0.25) is 0 Å². The number of esters is 2. The number of hydrogen-bond donors (Lipinski definition) is 2. The molecule has 0 bridgehead atoms.